The summed E-state index contributed by atoms with van der Waals surface area (Å²) in [7, 11) is 0. The highest BCUT2D eigenvalue weighted by Gasteiger charge is 2.11. The summed E-state index contributed by atoms with van der Waals surface area (Å²) in [6.07, 6.45) is 0. The molecule has 0 aliphatic heterocycles. The number of H-pyrrole nitrogens is 1. The lowest BCUT2D eigenvalue weighted by atomic mass is 10.4. The summed E-state index contributed by atoms with van der Waals surface area (Å²) in [6.45, 7) is 4.26. The number of nitrogen functional groups attached to an aromatic ring is 1. The Hall–Kier alpha value is -2.25. The maximum Gasteiger partial charge on any atom is 0.330 e. The molecule has 0 saturated carbocycles. The maximum absolute atomic E-state index is 11.6. The van der Waals surface area contributed by atoms with Gasteiger partial charge in [-0.05, 0) is 13.8 Å². The number of nitrogens with two attached hydrogens (primary N) is 1. The molecule has 0 saturated heterocycles. The van der Waals surface area contributed by atoms with Crippen LogP contribution in [0.25, 0.3) is 0 Å². The summed E-state index contributed by atoms with van der Waals surface area (Å²) in [4.78, 5) is 36.4. The van der Waals surface area contributed by atoms with Crippen molar-refractivity contribution in [1.29, 1.82) is 0 Å². The maximum atomic E-state index is 11.6. The van der Waals surface area contributed by atoms with Crippen molar-refractivity contribution < 1.29 is 4.79 Å². The second-order valence-electron chi connectivity index (χ2n) is 3.57. The SMILES string of the molecule is CCNC(=O)CNc1c(N)n(CC)c(=O)[nH]c1=O. The van der Waals surface area contributed by atoms with Crippen molar-refractivity contribution in [2.45, 2.75) is 20.4 Å². The van der Waals surface area contributed by atoms with Gasteiger partial charge in [-0.3, -0.25) is 19.1 Å². The van der Waals surface area contributed by atoms with Gasteiger partial charge in [-0.15, -0.1) is 0 Å². The number of likely N-dealkylation sites (N-methyl/N-ethyl adjacent to an activating group) is 1. The summed E-state index contributed by atoms with van der Waals surface area (Å²) < 4.78 is 1.21. The molecule has 0 spiro atoms. The lowest BCUT2D eigenvalue weighted by Crippen LogP contribution is -2.36. The highest BCUT2D eigenvalue weighted by Crippen LogP contribution is 2.08. The molecule has 1 aromatic rings. The van der Waals surface area contributed by atoms with Crippen LogP contribution in [0.2, 0.25) is 0 Å². The molecular formula is C10H17N5O3. The van der Waals surface area contributed by atoms with Crippen LogP contribution in [-0.4, -0.2) is 28.5 Å². The number of amides is 1. The van der Waals surface area contributed by atoms with Gasteiger partial charge >= 0.3 is 5.69 Å². The van der Waals surface area contributed by atoms with Crippen molar-refractivity contribution in [3.8, 4) is 0 Å². The Balaban J connectivity index is 2.99. The minimum atomic E-state index is -0.633. The van der Waals surface area contributed by atoms with Gasteiger partial charge in [0.2, 0.25) is 5.91 Å². The third-order valence-corrected chi connectivity index (χ3v) is 2.36. The number of nitrogens with one attached hydrogen (secondary N) is 3. The predicted molar refractivity (Wildman–Crippen MR) is 68.6 cm³/mol. The molecule has 1 heterocycles. The van der Waals surface area contributed by atoms with Gasteiger partial charge in [0.25, 0.3) is 5.56 Å². The first-order valence-electron chi connectivity index (χ1n) is 5.64. The van der Waals surface area contributed by atoms with Crippen molar-refractivity contribution in [3.05, 3.63) is 20.8 Å². The lowest BCUT2D eigenvalue weighted by Gasteiger charge is -2.12. The van der Waals surface area contributed by atoms with E-state index in [1.807, 2.05) is 0 Å². The van der Waals surface area contributed by atoms with Gasteiger partial charge in [0.15, 0.2) is 0 Å². The van der Waals surface area contributed by atoms with E-state index in [1.54, 1.807) is 13.8 Å². The number of nitrogens with zero attached hydrogens (tertiary/aromatic N) is 1. The molecule has 100 valence electrons. The molecule has 18 heavy (non-hydrogen) atoms. The minimum Gasteiger partial charge on any atom is -0.383 e. The van der Waals surface area contributed by atoms with Gasteiger partial charge in [0, 0.05) is 13.1 Å². The fourth-order valence-corrected chi connectivity index (χ4v) is 1.50. The topological polar surface area (TPSA) is 122 Å². The largest absolute Gasteiger partial charge is 0.383 e. The standard InChI is InChI=1S/C10H17N5O3/c1-3-12-6(16)5-13-7-8(11)15(4-2)10(18)14-9(7)17/h13H,3-5,11H2,1-2H3,(H,12,16)(H,14,17,18). The molecule has 0 unspecified atom stereocenters. The van der Waals surface area contributed by atoms with Crippen molar-refractivity contribution in [3.63, 3.8) is 0 Å². The second-order valence-corrected chi connectivity index (χ2v) is 3.57. The smallest absolute Gasteiger partial charge is 0.330 e. The second kappa shape index (κ2) is 5.89. The number of aromatic amines is 1. The Kier molecular flexibility index (Phi) is 4.52. The number of aromatic nitrogens is 2. The monoisotopic (exact) mass is 255 g/mol. The van der Waals surface area contributed by atoms with Gasteiger partial charge in [0.05, 0.1) is 6.54 Å². The fourth-order valence-electron chi connectivity index (χ4n) is 1.50. The third kappa shape index (κ3) is 2.90. The minimum absolute atomic E-state index is 0.0237. The number of anilines is 2. The molecule has 1 amide bonds. The van der Waals surface area contributed by atoms with Crippen LogP contribution in [0.5, 0.6) is 0 Å². The molecular weight excluding hydrogens is 238 g/mol. The van der Waals surface area contributed by atoms with E-state index in [1.165, 1.54) is 4.57 Å². The molecule has 0 aromatic carbocycles. The Labute approximate surface area is 103 Å². The zero-order valence-electron chi connectivity index (χ0n) is 10.4. The number of carbonyl (C=O) groups excluding carboxylic acids is 1. The van der Waals surface area contributed by atoms with Gasteiger partial charge in [-0.2, -0.15) is 0 Å². The molecule has 0 aliphatic rings. The normalized spacial score (nSPS) is 10.1. The molecule has 0 fully saturated rings. The lowest BCUT2D eigenvalue weighted by molar-refractivity contribution is -0.119. The van der Waals surface area contributed by atoms with Crippen LogP contribution in [0.3, 0.4) is 0 Å². The number of hydrogen-bond donors (Lipinski definition) is 4. The summed E-state index contributed by atoms with van der Waals surface area (Å²) in [6, 6.07) is 0. The summed E-state index contributed by atoms with van der Waals surface area (Å²) in [5.74, 6) is -0.235. The number of rotatable bonds is 5. The molecule has 1 aromatic heterocycles. The van der Waals surface area contributed by atoms with Crippen LogP contribution in [0, 0.1) is 0 Å². The van der Waals surface area contributed by atoms with Crippen LogP contribution in [0.4, 0.5) is 11.5 Å². The number of hydrogen-bond acceptors (Lipinski definition) is 5. The van der Waals surface area contributed by atoms with E-state index < -0.39 is 11.2 Å². The average molecular weight is 255 g/mol. The highest BCUT2D eigenvalue weighted by molar-refractivity contribution is 5.81. The first-order chi connectivity index (χ1) is 8.51. The van der Waals surface area contributed by atoms with E-state index in [4.69, 9.17) is 5.73 Å². The van der Waals surface area contributed by atoms with Gasteiger partial charge in [-0.25, -0.2) is 4.79 Å². The van der Waals surface area contributed by atoms with E-state index in [-0.39, 0.29) is 24.0 Å². The van der Waals surface area contributed by atoms with E-state index in [0.717, 1.165) is 0 Å². The van der Waals surface area contributed by atoms with Crippen molar-refractivity contribution >= 4 is 17.4 Å². The van der Waals surface area contributed by atoms with Crippen molar-refractivity contribution in [1.82, 2.24) is 14.9 Å². The summed E-state index contributed by atoms with van der Waals surface area (Å²) >= 11 is 0. The molecule has 0 aliphatic carbocycles. The number of carbonyl (C=O) groups is 1. The van der Waals surface area contributed by atoms with Crippen molar-refractivity contribution in [2.24, 2.45) is 0 Å². The van der Waals surface area contributed by atoms with Crippen LogP contribution in [0.15, 0.2) is 9.59 Å². The van der Waals surface area contributed by atoms with Gasteiger partial charge < -0.3 is 16.4 Å². The van der Waals surface area contributed by atoms with Crippen LogP contribution in [0.1, 0.15) is 13.8 Å². The Morgan fingerprint density at radius 2 is 2.06 bits per heavy atom. The van der Waals surface area contributed by atoms with E-state index in [9.17, 15) is 14.4 Å². The van der Waals surface area contributed by atoms with Gasteiger partial charge in [0.1, 0.15) is 11.5 Å². The van der Waals surface area contributed by atoms with E-state index in [2.05, 4.69) is 15.6 Å². The molecule has 0 bridgehead atoms. The predicted octanol–water partition coefficient (Wildman–Crippen LogP) is -1.31. The fraction of sp³-hybridized carbons (Fsp3) is 0.500. The Bertz CT molecular complexity index is 545. The Morgan fingerprint density at radius 1 is 1.39 bits per heavy atom. The third-order valence-electron chi connectivity index (χ3n) is 2.36. The zero-order valence-corrected chi connectivity index (χ0v) is 10.4. The van der Waals surface area contributed by atoms with E-state index >= 15 is 0 Å². The average Bonchev–Trinajstić information content (AvgIpc) is 2.29. The molecule has 8 heteroatoms. The quantitative estimate of drug-likeness (QED) is 0.520. The first-order valence-corrected chi connectivity index (χ1v) is 5.64. The van der Waals surface area contributed by atoms with Crippen LogP contribution >= 0.6 is 0 Å². The van der Waals surface area contributed by atoms with Gasteiger partial charge in [-0.1, -0.05) is 0 Å². The zero-order chi connectivity index (χ0) is 13.7. The molecule has 0 radical (unpaired) electrons. The first kappa shape index (κ1) is 13.8. The molecule has 5 N–H and O–H groups in total. The van der Waals surface area contributed by atoms with Crippen LogP contribution < -0.4 is 27.6 Å². The highest BCUT2D eigenvalue weighted by atomic mass is 16.2. The Morgan fingerprint density at radius 3 is 2.61 bits per heavy atom. The molecule has 1 rings (SSSR count). The molecule has 0 atom stereocenters. The molecule has 8 nitrogen and oxygen atoms in total. The van der Waals surface area contributed by atoms with Crippen LogP contribution in [-0.2, 0) is 11.3 Å². The van der Waals surface area contributed by atoms with Crippen molar-refractivity contribution in [2.75, 3.05) is 24.1 Å². The summed E-state index contributed by atoms with van der Waals surface area (Å²) in [5.41, 5.74) is 4.54. The van der Waals surface area contributed by atoms with E-state index in [0.29, 0.717) is 13.1 Å². The summed E-state index contributed by atoms with van der Waals surface area (Å²) in [5, 5.41) is 5.20.